The Kier molecular flexibility index (Phi) is 7.58. The molecular weight excluding hydrogens is 745 g/mol. The molecule has 0 bridgehead atoms. The quantitative estimate of drug-likeness (QED) is 0.168. The molecule has 272 valence electrons. The molecule has 0 atom stereocenters. The van der Waals surface area contributed by atoms with Gasteiger partial charge in [-0.2, -0.15) is 0 Å². The predicted octanol–water partition coefficient (Wildman–Crippen LogP) is 16.2. The number of anilines is 3. The van der Waals surface area contributed by atoms with Gasteiger partial charge in [0.05, 0.1) is 15.9 Å². The molecular formula is C53H32N2OS2. The summed E-state index contributed by atoms with van der Waals surface area (Å²) in [6, 6.07) is 69.6. The Balaban J connectivity index is 0.970. The molecule has 12 aromatic rings. The maximum Gasteiger partial charge on any atom is 0.159 e. The fourth-order valence-corrected chi connectivity index (χ4v) is 10.6. The Labute approximate surface area is 342 Å². The van der Waals surface area contributed by atoms with Crippen LogP contribution in [0.15, 0.2) is 199 Å². The lowest BCUT2D eigenvalue weighted by molar-refractivity contribution is 0.669. The summed E-state index contributed by atoms with van der Waals surface area (Å²) in [6.45, 7) is 0. The summed E-state index contributed by atoms with van der Waals surface area (Å²) in [7, 11) is 0. The van der Waals surface area contributed by atoms with Crippen molar-refractivity contribution < 1.29 is 4.42 Å². The number of hydrogen-bond acceptors (Lipinski definition) is 5. The minimum absolute atomic E-state index is 0.865. The van der Waals surface area contributed by atoms with Crippen LogP contribution < -0.4 is 4.90 Å². The Morgan fingerprint density at radius 3 is 1.93 bits per heavy atom. The van der Waals surface area contributed by atoms with E-state index in [9.17, 15) is 0 Å². The standard InChI is InChI=1S/C53H32N2OS2/c1-2-11-36(12-3-1)53-54-51-49(58-53)31-30-48-50(51)44-32-37(24-29-47(44)57-48)33-20-25-38(26-21-33)55(45-18-9-17-43-42-15-6-7-19-46(42)56-52(43)45)39-27-22-35(23-28-39)41-16-8-13-34-10-4-5-14-40(34)41/h1-32H. The minimum atomic E-state index is 0.865. The molecule has 0 aliphatic carbocycles. The Bertz CT molecular complexity index is 3500. The van der Waals surface area contributed by atoms with Crippen molar-refractivity contribution in [2.45, 2.75) is 0 Å². The second kappa shape index (κ2) is 13.3. The average molecular weight is 777 g/mol. The van der Waals surface area contributed by atoms with Gasteiger partial charge in [-0.15, -0.1) is 22.7 Å². The summed E-state index contributed by atoms with van der Waals surface area (Å²) in [4.78, 5) is 7.53. The third-order valence-electron chi connectivity index (χ3n) is 11.3. The van der Waals surface area contributed by atoms with Gasteiger partial charge in [0.2, 0.25) is 0 Å². The molecule has 5 heteroatoms. The molecule has 3 nitrogen and oxygen atoms in total. The monoisotopic (exact) mass is 776 g/mol. The van der Waals surface area contributed by atoms with Gasteiger partial charge in [0.15, 0.2) is 5.58 Å². The van der Waals surface area contributed by atoms with Crippen LogP contribution in [0.5, 0.6) is 0 Å². The molecule has 3 heterocycles. The van der Waals surface area contributed by atoms with E-state index in [0.29, 0.717) is 0 Å². The first-order valence-electron chi connectivity index (χ1n) is 19.4. The highest BCUT2D eigenvalue weighted by Crippen LogP contribution is 2.45. The molecule has 0 unspecified atom stereocenters. The van der Waals surface area contributed by atoms with E-state index in [1.54, 1.807) is 11.3 Å². The van der Waals surface area contributed by atoms with Gasteiger partial charge in [-0.25, -0.2) is 4.98 Å². The van der Waals surface area contributed by atoms with Crippen molar-refractivity contribution >= 4 is 103 Å². The van der Waals surface area contributed by atoms with Crippen molar-refractivity contribution in [2.75, 3.05) is 4.90 Å². The van der Waals surface area contributed by atoms with E-state index in [2.05, 4.69) is 187 Å². The fraction of sp³-hybridized carbons (Fsp3) is 0. The molecule has 3 aromatic heterocycles. The van der Waals surface area contributed by atoms with Gasteiger partial charge in [0.1, 0.15) is 10.6 Å². The topological polar surface area (TPSA) is 29.3 Å². The van der Waals surface area contributed by atoms with Crippen LogP contribution in [0.3, 0.4) is 0 Å². The Morgan fingerprint density at radius 2 is 1.09 bits per heavy atom. The van der Waals surface area contributed by atoms with E-state index in [4.69, 9.17) is 9.40 Å². The molecule has 9 aromatic carbocycles. The molecule has 0 fully saturated rings. The van der Waals surface area contributed by atoms with Crippen molar-refractivity contribution in [2.24, 2.45) is 0 Å². The van der Waals surface area contributed by atoms with Crippen LogP contribution >= 0.6 is 22.7 Å². The second-order valence-corrected chi connectivity index (χ2v) is 16.8. The molecule has 0 spiro atoms. The molecule has 0 saturated heterocycles. The van der Waals surface area contributed by atoms with E-state index in [0.717, 1.165) is 60.7 Å². The molecule has 0 radical (unpaired) electrons. The van der Waals surface area contributed by atoms with Gasteiger partial charge in [-0.1, -0.05) is 133 Å². The summed E-state index contributed by atoms with van der Waals surface area (Å²) in [6.07, 6.45) is 0. The van der Waals surface area contributed by atoms with Crippen molar-refractivity contribution in [3.63, 3.8) is 0 Å². The first-order chi connectivity index (χ1) is 28.7. The van der Waals surface area contributed by atoms with Gasteiger partial charge in [-0.3, -0.25) is 0 Å². The molecule has 0 aliphatic heterocycles. The lowest BCUT2D eigenvalue weighted by Crippen LogP contribution is -2.10. The highest BCUT2D eigenvalue weighted by Gasteiger charge is 2.20. The summed E-state index contributed by atoms with van der Waals surface area (Å²) in [5, 5.41) is 8.25. The second-order valence-electron chi connectivity index (χ2n) is 14.7. The average Bonchev–Trinajstić information content (AvgIpc) is 4.01. The zero-order valence-corrected chi connectivity index (χ0v) is 32.7. The highest BCUT2D eigenvalue weighted by molar-refractivity contribution is 7.26. The minimum Gasteiger partial charge on any atom is -0.454 e. The SMILES string of the molecule is c1ccc(-c2nc3c(ccc4sc5ccc(-c6ccc(N(c7ccc(-c8cccc9ccccc89)cc7)c7cccc8c7oc7ccccc78)cc6)cc5c43)s2)cc1. The number of thiazole rings is 1. The number of rotatable bonds is 6. The summed E-state index contributed by atoms with van der Waals surface area (Å²) in [5.74, 6) is 0. The first kappa shape index (κ1) is 33.1. The van der Waals surface area contributed by atoms with E-state index in [-0.39, 0.29) is 0 Å². The van der Waals surface area contributed by atoms with Crippen LogP contribution in [0.2, 0.25) is 0 Å². The lowest BCUT2D eigenvalue weighted by Gasteiger charge is -2.26. The zero-order valence-electron chi connectivity index (χ0n) is 31.1. The van der Waals surface area contributed by atoms with Crippen LogP contribution in [0.4, 0.5) is 17.1 Å². The third kappa shape index (κ3) is 5.36. The number of thiophene rings is 1. The number of aromatic nitrogens is 1. The van der Waals surface area contributed by atoms with Crippen LogP contribution in [0.1, 0.15) is 0 Å². The number of hydrogen-bond donors (Lipinski definition) is 0. The van der Waals surface area contributed by atoms with Crippen LogP contribution in [0, 0.1) is 0 Å². The predicted molar refractivity (Wildman–Crippen MR) is 248 cm³/mol. The van der Waals surface area contributed by atoms with E-state index < -0.39 is 0 Å². The van der Waals surface area contributed by atoms with Crippen molar-refractivity contribution in [3.8, 4) is 32.8 Å². The third-order valence-corrected chi connectivity index (χ3v) is 13.5. The normalized spacial score (nSPS) is 11.8. The van der Waals surface area contributed by atoms with Crippen molar-refractivity contribution in [1.29, 1.82) is 0 Å². The molecule has 12 rings (SSSR count). The Morgan fingerprint density at radius 1 is 0.431 bits per heavy atom. The van der Waals surface area contributed by atoms with Gasteiger partial charge in [0.25, 0.3) is 0 Å². The number of nitrogens with zero attached hydrogens (tertiary/aromatic N) is 2. The molecule has 0 aliphatic rings. The van der Waals surface area contributed by atoms with Crippen LogP contribution in [-0.4, -0.2) is 4.98 Å². The van der Waals surface area contributed by atoms with E-state index in [1.807, 2.05) is 23.5 Å². The van der Waals surface area contributed by atoms with E-state index in [1.165, 1.54) is 52.3 Å². The highest BCUT2D eigenvalue weighted by atomic mass is 32.1. The zero-order chi connectivity index (χ0) is 38.2. The maximum absolute atomic E-state index is 6.62. The number of para-hydroxylation sites is 2. The van der Waals surface area contributed by atoms with Crippen molar-refractivity contribution in [1.82, 2.24) is 4.98 Å². The maximum atomic E-state index is 6.62. The van der Waals surface area contributed by atoms with Gasteiger partial charge in [0, 0.05) is 47.9 Å². The molecule has 0 amide bonds. The van der Waals surface area contributed by atoms with E-state index >= 15 is 0 Å². The number of benzene rings is 9. The first-order valence-corrected chi connectivity index (χ1v) is 21.1. The van der Waals surface area contributed by atoms with Crippen LogP contribution in [0.25, 0.3) is 95.9 Å². The number of furan rings is 1. The summed E-state index contributed by atoms with van der Waals surface area (Å²) < 4.78 is 10.4. The smallest absolute Gasteiger partial charge is 0.159 e. The molecule has 0 saturated carbocycles. The number of fused-ring (bicyclic) bond motifs is 9. The van der Waals surface area contributed by atoms with Crippen LogP contribution in [-0.2, 0) is 0 Å². The fourth-order valence-electron chi connectivity index (χ4n) is 8.54. The van der Waals surface area contributed by atoms with Gasteiger partial charge >= 0.3 is 0 Å². The molecule has 0 N–H and O–H groups in total. The largest absolute Gasteiger partial charge is 0.454 e. The Hall–Kier alpha value is -7.05. The lowest BCUT2D eigenvalue weighted by atomic mass is 9.98. The summed E-state index contributed by atoms with van der Waals surface area (Å²) >= 11 is 3.60. The van der Waals surface area contributed by atoms with Gasteiger partial charge in [-0.05, 0) is 93.7 Å². The van der Waals surface area contributed by atoms with Crippen molar-refractivity contribution in [3.05, 3.63) is 194 Å². The van der Waals surface area contributed by atoms with Gasteiger partial charge < -0.3 is 9.32 Å². The molecule has 58 heavy (non-hydrogen) atoms. The summed E-state index contributed by atoms with van der Waals surface area (Å²) in [5.41, 5.74) is 11.8.